The molecule has 23 heavy (non-hydrogen) atoms. The van der Waals surface area contributed by atoms with Crippen LogP contribution >= 0.6 is 11.3 Å². The molecule has 0 aromatic carbocycles. The van der Waals surface area contributed by atoms with Crippen LogP contribution in [0.25, 0.3) is 0 Å². The predicted octanol–water partition coefficient (Wildman–Crippen LogP) is -0.137. The quantitative estimate of drug-likeness (QED) is 0.826. The average Bonchev–Trinajstić information content (AvgIpc) is 3.25. The highest BCUT2D eigenvalue weighted by Crippen LogP contribution is 2.21. The van der Waals surface area contributed by atoms with Crippen molar-refractivity contribution in [2.24, 2.45) is 5.73 Å². The fourth-order valence-corrected chi connectivity index (χ4v) is 3.72. The van der Waals surface area contributed by atoms with Gasteiger partial charge in [-0.05, 0) is 12.8 Å². The van der Waals surface area contributed by atoms with E-state index in [-0.39, 0.29) is 17.9 Å². The number of aromatic nitrogens is 1. The zero-order chi connectivity index (χ0) is 16.2. The molecule has 2 fully saturated rings. The predicted molar refractivity (Wildman–Crippen MR) is 85.9 cm³/mol. The lowest BCUT2D eigenvalue weighted by atomic mass is 10.1. The van der Waals surface area contributed by atoms with Gasteiger partial charge in [-0.2, -0.15) is 0 Å². The monoisotopic (exact) mass is 338 g/mol. The average molecular weight is 338 g/mol. The van der Waals surface area contributed by atoms with E-state index < -0.39 is 6.04 Å². The largest absolute Gasteiger partial charge is 0.378 e. The molecule has 0 aliphatic carbocycles. The van der Waals surface area contributed by atoms with Crippen LogP contribution in [0.5, 0.6) is 0 Å². The molecule has 2 aliphatic rings. The highest BCUT2D eigenvalue weighted by atomic mass is 32.1. The van der Waals surface area contributed by atoms with Gasteiger partial charge in [-0.1, -0.05) is 0 Å². The maximum atomic E-state index is 12.7. The number of amides is 2. The van der Waals surface area contributed by atoms with Gasteiger partial charge in [0.05, 0.1) is 30.5 Å². The van der Waals surface area contributed by atoms with Gasteiger partial charge in [0.15, 0.2) is 0 Å². The summed E-state index contributed by atoms with van der Waals surface area (Å²) in [5.74, 6) is -0.123. The van der Waals surface area contributed by atoms with Gasteiger partial charge in [-0.3, -0.25) is 9.59 Å². The zero-order valence-electron chi connectivity index (χ0n) is 13.0. The Labute approximate surface area is 139 Å². The summed E-state index contributed by atoms with van der Waals surface area (Å²) in [6, 6.07) is -1.02. The second-order valence-electron chi connectivity index (χ2n) is 5.92. The third kappa shape index (κ3) is 3.70. The van der Waals surface area contributed by atoms with Crippen LogP contribution in [-0.4, -0.2) is 71.5 Å². The highest BCUT2D eigenvalue weighted by Gasteiger charge is 2.38. The molecule has 1 aromatic heterocycles. The molecule has 0 bridgehead atoms. The number of carbonyl (C=O) groups excluding carboxylic acids is 2. The van der Waals surface area contributed by atoms with Crippen molar-refractivity contribution in [2.75, 3.05) is 32.8 Å². The molecule has 8 heteroatoms. The normalized spacial score (nSPS) is 23.1. The molecule has 0 spiro atoms. The summed E-state index contributed by atoms with van der Waals surface area (Å²) in [6.07, 6.45) is 1.97. The van der Waals surface area contributed by atoms with Gasteiger partial charge in [-0.15, -0.1) is 11.3 Å². The second kappa shape index (κ2) is 7.37. The Morgan fingerprint density at radius 1 is 1.39 bits per heavy atom. The second-order valence-corrected chi connectivity index (χ2v) is 6.64. The first kappa shape index (κ1) is 16.4. The van der Waals surface area contributed by atoms with E-state index >= 15 is 0 Å². The van der Waals surface area contributed by atoms with Gasteiger partial charge >= 0.3 is 0 Å². The molecule has 2 atom stereocenters. The molecule has 2 aliphatic heterocycles. The molecular weight excluding hydrogens is 316 g/mol. The number of rotatable bonds is 4. The Hall–Kier alpha value is -1.51. The Bertz CT molecular complexity index is 545. The van der Waals surface area contributed by atoms with Gasteiger partial charge in [-0.25, -0.2) is 4.98 Å². The Balaban J connectivity index is 1.63. The minimum Gasteiger partial charge on any atom is -0.378 e. The number of thiazole rings is 1. The smallest absolute Gasteiger partial charge is 0.245 e. The van der Waals surface area contributed by atoms with Crippen LogP contribution < -0.4 is 5.73 Å². The van der Waals surface area contributed by atoms with E-state index in [9.17, 15) is 9.59 Å². The molecule has 0 radical (unpaired) electrons. The van der Waals surface area contributed by atoms with Crippen LogP contribution in [0.1, 0.15) is 18.5 Å². The number of hydrogen-bond donors (Lipinski definition) is 1. The number of likely N-dealkylation sites (tertiary alicyclic amines) is 1. The minimum atomic E-state index is -0.643. The van der Waals surface area contributed by atoms with E-state index in [0.29, 0.717) is 45.7 Å². The fraction of sp³-hybridized carbons (Fsp3) is 0.667. The Kier molecular flexibility index (Phi) is 5.24. The maximum Gasteiger partial charge on any atom is 0.245 e. The van der Waals surface area contributed by atoms with E-state index in [1.165, 1.54) is 11.3 Å². The first-order chi connectivity index (χ1) is 11.2. The minimum absolute atomic E-state index is 0.0278. The van der Waals surface area contributed by atoms with Crippen LogP contribution in [0.4, 0.5) is 0 Å². The van der Waals surface area contributed by atoms with E-state index in [1.54, 1.807) is 15.3 Å². The molecule has 0 unspecified atom stereocenters. The summed E-state index contributed by atoms with van der Waals surface area (Å²) in [6.45, 7) is 2.93. The van der Waals surface area contributed by atoms with Gasteiger partial charge in [0.1, 0.15) is 6.04 Å². The highest BCUT2D eigenvalue weighted by molar-refractivity contribution is 7.07. The van der Waals surface area contributed by atoms with Gasteiger partial charge in [0, 0.05) is 31.4 Å². The molecule has 1 aromatic rings. The van der Waals surface area contributed by atoms with Crippen molar-refractivity contribution in [1.82, 2.24) is 14.8 Å². The third-order valence-electron chi connectivity index (χ3n) is 4.37. The van der Waals surface area contributed by atoms with Crippen LogP contribution in [0.2, 0.25) is 0 Å². The number of nitrogens with zero attached hydrogens (tertiary/aromatic N) is 3. The summed E-state index contributed by atoms with van der Waals surface area (Å²) in [5.41, 5.74) is 8.61. The van der Waals surface area contributed by atoms with Crippen molar-refractivity contribution in [3.63, 3.8) is 0 Å². The number of hydrogen-bond acceptors (Lipinski definition) is 6. The molecule has 3 heterocycles. The molecule has 7 nitrogen and oxygen atoms in total. The molecule has 126 valence electrons. The molecule has 2 amide bonds. The van der Waals surface area contributed by atoms with Gasteiger partial charge < -0.3 is 20.3 Å². The topological polar surface area (TPSA) is 88.8 Å². The van der Waals surface area contributed by atoms with Gasteiger partial charge in [0.25, 0.3) is 0 Å². The SMILES string of the molecule is N[C@@H](Cc1cscn1)C(=O)N1CCC[C@H]1C(=O)N1CCOCC1. The van der Waals surface area contributed by atoms with E-state index in [1.807, 2.05) is 5.38 Å². The van der Waals surface area contributed by atoms with E-state index in [4.69, 9.17) is 10.5 Å². The first-order valence-electron chi connectivity index (χ1n) is 7.96. The summed E-state index contributed by atoms with van der Waals surface area (Å²) in [7, 11) is 0. The summed E-state index contributed by atoms with van der Waals surface area (Å²) < 4.78 is 5.28. The van der Waals surface area contributed by atoms with Crippen LogP contribution in [-0.2, 0) is 20.7 Å². The fourth-order valence-electron chi connectivity index (χ4n) is 3.15. The van der Waals surface area contributed by atoms with Crippen molar-refractivity contribution in [3.05, 3.63) is 16.6 Å². The summed E-state index contributed by atoms with van der Waals surface area (Å²) >= 11 is 1.49. The molecule has 2 saturated heterocycles. The van der Waals surface area contributed by atoms with Crippen LogP contribution in [0, 0.1) is 0 Å². The number of morpholine rings is 1. The molecule has 3 rings (SSSR count). The Morgan fingerprint density at radius 3 is 2.87 bits per heavy atom. The summed E-state index contributed by atoms with van der Waals surface area (Å²) in [4.78, 5) is 33.0. The summed E-state index contributed by atoms with van der Waals surface area (Å²) in [5, 5.41) is 1.90. The van der Waals surface area contributed by atoms with E-state index in [0.717, 1.165) is 12.1 Å². The van der Waals surface area contributed by atoms with Crippen molar-refractivity contribution in [1.29, 1.82) is 0 Å². The number of nitrogens with two attached hydrogens (primary N) is 1. The molecule has 2 N–H and O–H groups in total. The number of carbonyl (C=O) groups is 2. The lowest BCUT2D eigenvalue weighted by Crippen LogP contribution is -2.54. The lowest BCUT2D eigenvalue weighted by molar-refractivity contribution is -0.146. The Morgan fingerprint density at radius 2 is 2.17 bits per heavy atom. The molecular formula is C15H22N4O3S. The third-order valence-corrected chi connectivity index (χ3v) is 5.01. The zero-order valence-corrected chi connectivity index (χ0v) is 13.8. The van der Waals surface area contributed by atoms with Crippen molar-refractivity contribution < 1.29 is 14.3 Å². The van der Waals surface area contributed by atoms with Crippen LogP contribution in [0.3, 0.4) is 0 Å². The number of ether oxygens (including phenoxy) is 1. The molecule has 0 saturated carbocycles. The van der Waals surface area contributed by atoms with Crippen molar-refractivity contribution in [2.45, 2.75) is 31.3 Å². The van der Waals surface area contributed by atoms with Crippen molar-refractivity contribution >= 4 is 23.2 Å². The van der Waals surface area contributed by atoms with Crippen molar-refractivity contribution in [3.8, 4) is 0 Å². The lowest BCUT2D eigenvalue weighted by Gasteiger charge is -2.33. The first-order valence-corrected chi connectivity index (χ1v) is 8.91. The maximum absolute atomic E-state index is 12.7. The van der Waals surface area contributed by atoms with Crippen LogP contribution in [0.15, 0.2) is 10.9 Å². The van der Waals surface area contributed by atoms with Gasteiger partial charge in [0.2, 0.25) is 11.8 Å². The van der Waals surface area contributed by atoms with E-state index in [2.05, 4.69) is 4.98 Å². The standard InChI is InChI=1S/C15H22N4O3S/c16-12(8-11-9-23-10-17-11)14(20)19-3-1-2-13(19)15(21)18-4-6-22-7-5-18/h9-10,12-13H,1-8,16H2/t12-,13-/m0/s1.